The van der Waals surface area contributed by atoms with Gasteiger partial charge in [0.15, 0.2) is 0 Å². The van der Waals surface area contributed by atoms with Crippen molar-refractivity contribution >= 4 is 5.69 Å². The van der Waals surface area contributed by atoms with Crippen molar-refractivity contribution in [3.8, 4) is 5.75 Å². The van der Waals surface area contributed by atoms with Gasteiger partial charge < -0.3 is 10.5 Å². The summed E-state index contributed by atoms with van der Waals surface area (Å²) in [5.41, 5.74) is 7.03. The van der Waals surface area contributed by atoms with E-state index in [0.29, 0.717) is 17.9 Å². The zero-order valence-electron chi connectivity index (χ0n) is 9.69. The fourth-order valence-corrected chi connectivity index (χ4v) is 1.41. The molecule has 0 bridgehead atoms. The van der Waals surface area contributed by atoms with Crippen LogP contribution in [0.15, 0.2) is 12.1 Å². The van der Waals surface area contributed by atoms with Gasteiger partial charge in [-0.15, -0.1) is 0 Å². The minimum Gasteiger partial charge on any atom is -0.489 e. The van der Waals surface area contributed by atoms with Gasteiger partial charge in [-0.1, -0.05) is 0 Å². The molecule has 0 radical (unpaired) electrons. The van der Waals surface area contributed by atoms with Crippen LogP contribution in [-0.2, 0) is 0 Å². The number of hydrogen-bond donors (Lipinski definition) is 1. The Morgan fingerprint density at radius 2 is 2.06 bits per heavy atom. The number of nitrogens with zero attached hydrogens (tertiary/aromatic N) is 1. The third-order valence-corrected chi connectivity index (χ3v) is 2.35. The van der Waals surface area contributed by atoms with Gasteiger partial charge in [0, 0.05) is 12.1 Å². The van der Waals surface area contributed by atoms with E-state index in [2.05, 4.69) is 0 Å². The van der Waals surface area contributed by atoms with Gasteiger partial charge in [0.1, 0.15) is 11.9 Å². The summed E-state index contributed by atoms with van der Waals surface area (Å²) in [4.78, 5) is 10.4. The van der Waals surface area contributed by atoms with Crippen molar-refractivity contribution < 1.29 is 9.66 Å². The van der Waals surface area contributed by atoms with E-state index in [1.165, 1.54) is 6.07 Å². The van der Waals surface area contributed by atoms with Crippen LogP contribution in [0, 0.1) is 24.0 Å². The first-order chi connectivity index (χ1) is 7.45. The molecular formula is C11H16N2O3. The molecule has 0 amide bonds. The van der Waals surface area contributed by atoms with Crippen LogP contribution in [0.4, 0.5) is 5.69 Å². The lowest BCUT2D eigenvalue weighted by molar-refractivity contribution is -0.385. The minimum atomic E-state index is -0.408. The maximum atomic E-state index is 10.8. The summed E-state index contributed by atoms with van der Waals surface area (Å²) in [6.07, 6.45) is -0.152. The summed E-state index contributed by atoms with van der Waals surface area (Å²) in [5.74, 6) is 0.523. The molecule has 1 atom stereocenters. The number of aryl methyl sites for hydroxylation is 2. The van der Waals surface area contributed by atoms with Gasteiger partial charge in [-0.05, 0) is 32.4 Å². The molecule has 0 fully saturated rings. The van der Waals surface area contributed by atoms with E-state index < -0.39 is 4.92 Å². The zero-order valence-corrected chi connectivity index (χ0v) is 9.69. The first kappa shape index (κ1) is 12.4. The second kappa shape index (κ2) is 4.94. The van der Waals surface area contributed by atoms with Gasteiger partial charge in [-0.3, -0.25) is 10.1 Å². The van der Waals surface area contributed by atoms with Gasteiger partial charge in [0.2, 0.25) is 0 Å². The highest BCUT2D eigenvalue weighted by atomic mass is 16.6. The summed E-state index contributed by atoms with van der Waals surface area (Å²) in [5, 5.41) is 10.8. The average molecular weight is 224 g/mol. The van der Waals surface area contributed by atoms with E-state index in [4.69, 9.17) is 10.5 Å². The lowest BCUT2D eigenvalue weighted by Crippen LogP contribution is -2.23. The molecule has 0 spiro atoms. The molecule has 5 heteroatoms. The quantitative estimate of drug-likeness (QED) is 0.626. The minimum absolute atomic E-state index is 0.0739. The third kappa shape index (κ3) is 2.70. The molecular weight excluding hydrogens is 208 g/mol. The molecule has 1 aromatic rings. The van der Waals surface area contributed by atoms with Gasteiger partial charge in [0.25, 0.3) is 5.69 Å². The first-order valence-electron chi connectivity index (χ1n) is 5.08. The van der Waals surface area contributed by atoms with Crippen LogP contribution < -0.4 is 10.5 Å². The molecule has 0 aliphatic heterocycles. The second-order valence-corrected chi connectivity index (χ2v) is 3.83. The Morgan fingerprint density at radius 1 is 1.44 bits per heavy atom. The highest BCUT2D eigenvalue weighted by Crippen LogP contribution is 2.28. The van der Waals surface area contributed by atoms with E-state index in [1.807, 2.05) is 13.8 Å². The number of nitro benzene ring substituents is 1. The number of benzene rings is 1. The monoisotopic (exact) mass is 224 g/mol. The number of rotatable bonds is 4. The molecule has 0 aliphatic rings. The largest absolute Gasteiger partial charge is 0.489 e. The number of nitrogens with two attached hydrogens (primary N) is 1. The smallest absolute Gasteiger partial charge is 0.276 e. The van der Waals surface area contributed by atoms with Gasteiger partial charge in [0.05, 0.1) is 11.0 Å². The molecule has 5 nitrogen and oxygen atoms in total. The molecule has 1 unspecified atom stereocenters. The summed E-state index contributed by atoms with van der Waals surface area (Å²) in [7, 11) is 0. The molecule has 1 rings (SSSR count). The van der Waals surface area contributed by atoms with Crippen LogP contribution in [0.1, 0.15) is 18.1 Å². The SMILES string of the molecule is Cc1cc(C)c([N+](=O)[O-])cc1OC(C)CN. The van der Waals surface area contributed by atoms with Gasteiger partial charge in [-0.2, -0.15) is 0 Å². The first-order valence-corrected chi connectivity index (χ1v) is 5.08. The number of nitro groups is 1. The molecule has 0 saturated carbocycles. The van der Waals surface area contributed by atoms with Gasteiger partial charge >= 0.3 is 0 Å². The van der Waals surface area contributed by atoms with E-state index in [9.17, 15) is 10.1 Å². The lowest BCUT2D eigenvalue weighted by atomic mass is 10.1. The Bertz CT molecular complexity index is 404. The fraction of sp³-hybridized carbons (Fsp3) is 0.455. The molecule has 0 heterocycles. The summed E-state index contributed by atoms with van der Waals surface area (Å²) in [6.45, 7) is 5.77. The summed E-state index contributed by atoms with van der Waals surface area (Å²) < 4.78 is 5.51. The van der Waals surface area contributed by atoms with E-state index in [-0.39, 0.29) is 11.8 Å². The summed E-state index contributed by atoms with van der Waals surface area (Å²) in [6, 6.07) is 3.20. The van der Waals surface area contributed by atoms with Crippen molar-refractivity contribution in [3.63, 3.8) is 0 Å². The predicted molar refractivity (Wildman–Crippen MR) is 61.7 cm³/mol. The van der Waals surface area contributed by atoms with Gasteiger partial charge in [-0.25, -0.2) is 0 Å². The van der Waals surface area contributed by atoms with Crippen LogP contribution >= 0.6 is 0 Å². The fourth-order valence-electron chi connectivity index (χ4n) is 1.41. The van der Waals surface area contributed by atoms with Crippen molar-refractivity contribution in [2.24, 2.45) is 5.73 Å². The number of hydrogen-bond acceptors (Lipinski definition) is 4. The molecule has 0 aromatic heterocycles. The van der Waals surface area contributed by atoms with Crippen LogP contribution in [0.5, 0.6) is 5.75 Å². The molecule has 1 aromatic carbocycles. The van der Waals surface area contributed by atoms with Crippen LogP contribution in [0.2, 0.25) is 0 Å². The van der Waals surface area contributed by atoms with Crippen molar-refractivity contribution in [1.29, 1.82) is 0 Å². The van der Waals surface area contributed by atoms with E-state index in [1.54, 1.807) is 13.0 Å². The Balaban J connectivity index is 3.09. The van der Waals surface area contributed by atoms with Crippen LogP contribution in [-0.4, -0.2) is 17.6 Å². The number of ether oxygens (including phenoxy) is 1. The maximum absolute atomic E-state index is 10.8. The highest BCUT2D eigenvalue weighted by molar-refractivity contribution is 5.49. The predicted octanol–water partition coefficient (Wildman–Crippen LogP) is 1.94. The van der Waals surface area contributed by atoms with Crippen molar-refractivity contribution in [2.75, 3.05) is 6.54 Å². The van der Waals surface area contributed by atoms with Crippen LogP contribution in [0.3, 0.4) is 0 Å². The van der Waals surface area contributed by atoms with E-state index in [0.717, 1.165) is 5.56 Å². The third-order valence-electron chi connectivity index (χ3n) is 2.35. The Morgan fingerprint density at radius 3 is 2.56 bits per heavy atom. The van der Waals surface area contributed by atoms with E-state index >= 15 is 0 Å². The van der Waals surface area contributed by atoms with Crippen molar-refractivity contribution in [3.05, 3.63) is 33.4 Å². The summed E-state index contributed by atoms with van der Waals surface area (Å²) >= 11 is 0. The highest BCUT2D eigenvalue weighted by Gasteiger charge is 2.15. The Hall–Kier alpha value is -1.62. The standard InChI is InChI=1S/C11H16N2O3/c1-7-4-8(2)11(16-9(3)6-12)5-10(7)13(14)15/h4-5,9H,6,12H2,1-3H3. The topological polar surface area (TPSA) is 78.4 Å². The molecule has 0 saturated heterocycles. The molecule has 0 aliphatic carbocycles. The molecule has 2 N–H and O–H groups in total. The Labute approximate surface area is 94.4 Å². The molecule has 88 valence electrons. The van der Waals surface area contributed by atoms with Crippen molar-refractivity contribution in [2.45, 2.75) is 26.9 Å². The average Bonchev–Trinajstić information content (AvgIpc) is 2.21. The second-order valence-electron chi connectivity index (χ2n) is 3.83. The normalized spacial score (nSPS) is 12.2. The zero-order chi connectivity index (χ0) is 12.3. The maximum Gasteiger partial charge on any atom is 0.276 e. The Kier molecular flexibility index (Phi) is 3.84. The van der Waals surface area contributed by atoms with Crippen LogP contribution in [0.25, 0.3) is 0 Å². The molecule has 16 heavy (non-hydrogen) atoms. The van der Waals surface area contributed by atoms with Crippen molar-refractivity contribution in [1.82, 2.24) is 0 Å². The lowest BCUT2D eigenvalue weighted by Gasteiger charge is -2.14.